The predicted molar refractivity (Wildman–Crippen MR) is 90.2 cm³/mol. The van der Waals surface area contributed by atoms with Crippen LogP contribution < -0.4 is 10.0 Å². The Labute approximate surface area is 133 Å². The molecule has 21 heavy (non-hydrogen) atoms. The molecule has 1 aromatic rings. The summed E-state index contributed by atoms with van der Waals surface area (Å²) in [5.74, 6) is 0.426. The molecule has 0 amide bonds. The highest BCUT2D eigenvalue weighted by atomic mass is 32.2. The molecule has 6 heteroatoms. The van der Waals surface area contributed by atoms with Crippen LogP contribution in [0, 0.1) is 5.92 Å². The van der Waals surface area contributed by atoms with Crippen molar-refractivity contribution in [3.8, 4) is 0 Å². The monoisotopic (exact) mass is 332 g/mol. The van der Waals surface area contributed by atoms with Crippen LogP contribution in [0.1, 0.15) is 51.3 Å². The topological polar surface area (TPSA) is 58.2 Å². The lowest BCUT2D eigenvalue weighted by Crippen LogP contribution is -2.30. The minimum absolute atomic E-state index is 0.426. The van der Waals surface area contributed by atoms with E-state index in [0.29, 0.717) is 23.9 Å². The Morgan fingerprint density at radius 1 is 1.29 bits per heavy atom. The van der Waals surface area contributed by atoms with E-state index in [1.54, 1.807) is 6.07 Å². The number of hydrogen-bond acceptors (Lipinski definition) is 4. The second-order valence-corrected chi connectivity index (χ2v) is 7.99. The lowest BCUT2D eigenvalue weighted by Gasteiger charge is -2.15. The molecule has 122 valence electrons. The average molecular weight is 333 g/mol. The van der Waals surface area contributed by atoms with Crippen LogP contribution in [0.4, 0.5) is 0 Å². The molecule has 0 aromatic carbocycles. The van der Waals surface area contributed by atoms with Crippen molar-refractivity contribution in [2.75, 3.05) is 13.1 Å². The second kappa shape index (κ2) is 9.56. The summed E-state index contributed by atoms with van der Waals surface area (Å²) in [4.78, 5) is 1.31. The predicted octanol–water partition coefficient (Wildman–Crippen LogP) is 3.35. The van der Waals surface area contributed by atoms with Crippen molar-refractivity contribution in [1.82, 2.24) is 10.0 Å². The third-order valence-electron chi connectivity index (χ3n) is 3.63. The normalized spacial score (nSPS) is 13.5. The molecule has 0 saturated carbocycles. The van der Waals surface area contributed by atoms with E-state index in [1.807, 2.05) is 12.3 Å². The molecule has 4 nitrogen and oxygen atoms in total. The molecule has 0 saturated heterocycles. The molecule has 0 radical (unpaired) electrons. The fourth-order valence-corrected chi connectivity index (χ4v) is 4.71. The van der Waals surface area contributed by atoms with Crippen molar-refractivity contribution in [2.45, 2.75) is 57.9 Å². The van der Waals surface area contributed by atoms with Gasteiger partial charge in [0.25, 0.3) is 0 Å². The molecule has 0 aliphatic rings. The summed E-state index contributed by atoms with van der Waals surface area (Å²) in [5.41, 5.74) is 0. The summed E-state index contributed by atoms with van der Waals surface area (Å²) in [7, 11) is -3.39. The van der Waals surface area contributed by atoms with Crippen molar-refractivity contribution in [2.24, 2.45) is 5.92 Å². The van der Waals surface area contributed by atoms with Crippen LogP contribution in [0.2, 0.25) is 0 Å². The van der Waals surface area contributed by atoms with Gasteiger partial charge in [0.05, 0.1) is 4.90 Å². The summed E-state index contributed by atoms with van der Waals surface area (Å²) >= 11 is 1.49. The van der Waals surface area contributed by atoms with Gasteiger partial charge in [-0.05, 0) is 30.3 Å². The minimum atomic E-state index is -3.39. The van der Waals surface area contributed by atoms with Crippen LogP contribution in [0.5, 0.6) is 0 Å². The number of hydrogen-bond donors (Lipinski definition) is 2. The van der Waals surface area contributed by atoms with Gasteiger partial charge < -0.3 is 5.32 Å². The molecule has 0 bridgehead atoms. The molecule has 1 aromatic heterocycles. The average Bonchev–Trinajstić information content (AvgIpc) is 2.94. The molecule has 0 aliphatic heterocycles. The van der Waals surface area contributed by atoms with Crippen molar-refractivity contribution >= 4 is 21.4 Å². The Balaban J connectivity index is 2.66. The molecule has 1 heterocycles. The van der Waals surface area contributed by atoms with E-state index in [9.17, 15) is 8.42 Å². The van der Waals surface area contributed by atoms with E-state index in [2.05, 4.69) is 23.9 Å². The van der Waals surface area contributed by atoms with E-state index in [1.165, 1.54) is 11.3 Å². The number of unbranched alkanes of at least 4 members (excludes halogenated alkanes) is 1. The minimum Gasteiger partial charge on any atom is -0.312 e. The largest absolute Gasteiger partial charge is 0.312 e. The molecule has 0 fully saturated rings. The molecule has 0 aliphatic carbocycles. The Kier molecular flexibility index (Phi) is 8.48. The van der Waals surface area contributed by atoms with Gasteiger partial charge in [0, 0.05) is 18.0 Å². The molecule has 1 atom stereocenters. The molecule has 0 spiro atoms. The first-order chi connectivity index (χ1) is 10.0. The maximum Gasteiger partial charge on any atom is 0.241 e. The van der Waals surface area contributed by atoms with E-state index < -0.39 is 10.0 Å². The number of rotatable bonds is 11. The summed E-state index contributed by atoms with van der Waals surface area (Å²) in [5, 5.41) is 5.03. The van der Waals surface area contributed by atoms with Crippen LogP contribution in [0.25, 0.3) is 0 Å². The van der Waals surface area contributed by atoms with Gasteiger partial charge in [-0.1, -0.05) is 40.0 Å². The molecule has 1 rings (SSSR count). The quantitative estimate of drug-likeness (QED) is 0.653. The number of sulfonamides is 1. The Bertz CT molecular complexity index is 498. The van der Waals surface area contributed by atoms with Crippen LogP contribution >= 0.6 is 11.3 Å². The van der Waals surface area contributed by atoms with Gasteiger partial charge in [0.1, 0.15) is 0 Å². The van der Waals surface area contributed by atoms with Gasteiger partial charge in [-0.25, -0.2) is 13.1 Å². The lowest BCUT2D eigenvalue weighted by molar-refractivity contribution is 0.443. The Morgan fingerprint density at radius 3 is 2.67 bits per heavy atom. The van der Waals surface area contributed by atoms with Gasteiger partial charge >= 0.3 is 0 Å². The first-order valence-electron chi connectivity index (χ1n) is 7.81. The zero-order chi connectivity index (χ0) is 15.7. The Hall–Kier alpha value is -0.430. The molecular weight excluding hydrogens is 304 g/mol. The maximum absolute atomic E-state index is 12.4. The zero-order valence-electron chi connectivity index (χ0n) is 13.3. The van der Waals surface area contributed by atoms with Gasteiger partial charge in [0.15, 0.2) is 0 Å². The van der Waals surface area contributed by atoms with Gasteiger partial charge in [-0.2, -0.15) is 0 Å². The van der Waals surface area contributed by atoms with Crippen LogP contribution in [0.3, 0.4) is 0 Å². The van der Waals surface area contributed by atoms with Gasteiger partial charge in [-0.15, -0.1) is 11.3 Å². The highest BCUT2D eigenvalue weighted by molar-refractivity contribution is 7.89. The summed E-state index contributed by atoms with van der Waals surface area (Å²) in [6.07, 6.45) is 4.41. The first kappa shape index (κ1) is 18.6. The highest BCUT2D eigenvalue weighted by Gasteiger charge is 2.20. The fraction of sp³-hybridized carbons (Fsp3) is 0.733. The summed E-state index contributed by atoms with van der Waals surface area (Å²) in [6.45, 7) is 8.27. The smallest absolute Gasteiger partial charge is 0.241 e. The van der Waals surface area contributed by atoms with E-state index in [4.69, 9.17) is 0 Å². The SMILES string of the molecule is CCCCC(CC)CNS(=O)(=O)c1ccsc1CNCC. The van der Waals surface area contributed by atoms with E-state index >= 15 is 0 Å². The molecular formula is C15H28N2O2S2. The van der Waals surface area contributed by atoms with Crippen molar-refractivity contribution in [1.29, 1.82) is 0 Å². The summed E-state index contributed by atoms with van der Waals surface area (Å²) < 4.78 is 27.7. The third kappa shape index (κ3) is 6.06. The zero-order valence-corrected chi connectivity index (χ0v) is 14.9. The maximum atomic E-state index is 12.4. The van der Waals surface area contributed by atoms with Crippen LogP contribution in [0.15, 0.2) is 16.3 Å². The second-order valence-electron chi connectivity index (χ2n) is 5.26. The standard InChI is InChI=1S/C15H28N2O2S2/c1-4-7-8-13(5-2)11-17-21(18,19)15-9-10-20-14(15)12-16-6-3/h9-10,13,16-17H,4-8,11-12H2,1-3H3. The van der Waals surface area contributed by atoms with Crippen molar-refractivity contribution in [3.05, 3.63) is 16.3 Å². The number of nitrogens with one attached hydrogen (secondary N) is 2. The highest BCUT2D eigenvalue weighted by Crippen LogP contribution is 2.22. The van der Waals surface area contributed by atoms with E-state index in [0.717, 1.165) is 37.1 Å². The number of thiophene rings is 1. The molecule has 2 N–H and O–H groups in total. The van der Waals surface area contributed by atoms with Gasteiger partial charge in [0.2, 0.25) is 10.0 Å². The van der Waals surface area contributed by atoms with Crippen LogP contribution in [-0.4, -0.2) is 21.5 Å². The third-order valence-corrected chi connectivity index (χ3v) is 6.19. The molecule has 1 unspecified atom stereocenters. The lowest BCUT2D eigenvalue weighted by atomic mass is 10.00. The first-order valence-corrected chi connectivity index (χ1v) is 10.2. The van der Waals surface area contributed by atoms with Crippen molar-refractivity contribution in [3.63, 3.8) is 0 Å². The van der Waals surface area contributed by atoms with Crippen LogP contribution in [-0.2, 0) is 16.6 Å². The fourth-order valence-electron chi connectivity index (χ4n) is 2.18. The van der Waals surface area contributed by atoms with E-state index in [-0.39, 0.29) is 0 Å². The Morgan fingerprint density at radius 2 is 2.05 bits per heavy atom. The summed E-state index contributed by atoms with van der Waals surface area (Å²) in [6, 6.07) is 1.70. The van der Waals surface area contributed by atoms with Gasteiger partial charge in [-0.3, -0.25) is 0 Å². The van der Waals surface area contributed by atoms with Crippen molar-refractivity contribution < 1.29 is 8.42 Å².